The molecular formula is C11H9F5O2. The van der Waals surface area contributed by atoms with Gasteiger partial charge >= 0.3 is 6.18 Å². The van der Waals surface area contributed by atoms with Gasteiger partial charge < -0.3 is 4.74 Å². The third kappa shape index (κ3) is 4.79. The molecule has 0 aliphatic heterocycles. The maximum absolute atomic E-state index is 13.1. The first-order valence-electron chi connectivity index (χ1n) is 4.92. The Labute approximate surface area is 99.4 Å². The summed E-state index contributed by atoms with van der Waals surface area (Å²) < 4.78 is 65.2. The lowest BCUT2D eigenvalue weighted by Gasteiger charge is -2.07. The zero-order chi connectivity index (χ0) is 13.8. The van der Waals surface area contributed by atoms with Crippen molar-refractivity contribution in [2.24, 2.45) is 0 Å². The van der Waals surface area contributed by atoms with Crippen molar-refractivity contribution < 1.29 is 31.5 Å². The lowest BCUT2D eigenvalue weighted by Crippen LogP contribution is -2.18. The topological polar surface area (TPSA) is 26.3 Å². The highest BCUT2D eigenvalue weighted by atomic mass is 19.4. The number of halogens is 5. The molecule has 18 heavy (non-hydrogen) atoms. The van der Waals surface area contributed by atoms with E-state index in [0.29, 0.717) is 6.07 Å². The summed E-state index contributed by atoms with van der Waals surface area (Å²) in [6.45, 7) is -1.99. The molecule has 0 spiro atoms. The van der Waals surface area contributed by atoms with Crippen molar-refractivity contribution in [1.82, 2.24) is 0 Å². The molecule has 7 heteroatoms. The van der Waals surface area contributed by atoms with Crippen molar-refractivity contribution >= 4 is 5.78 Å². The van der Waals surface area contributed by atoms with E-state index in [4.69, 9.17) is 0 Å². The molecule has 0 aliphatic carbocycles. The van der Waals surface area contributed by atoms with E-state index >= 15 is 0 Å². The number of carbonyl (C=O) groups excluding carboxylic acids is 1. The van der Waals surface area contributed by atoms with E-state index in [2.05, 4.69) is 4.74 Å². The second kappa shape index (κ2) is 5.90. The molecule has 0 heterocycles. The molecule has 1 rings (SSSR count). The predicted molar refractivity (Wildman–Crippen MR) is 52.2 cm³/mol. The monoisotopic (exact) mass is 268 g/mol. The Morgan fingerprint density at radius 2 is 1.89 bits per heavy atom. The summed E-state index contributed by atoms with van der Waals surface area (Å²) in [6, 6.07) is 2.31. The Balaban J connectivity index is 2.48. The number of ketones is 1. The van der Waals surface area contributed by atoms with Gasteiger partial charge in [0, 0.05) is 6.42 Å². The Bertz CT molecular complexity index is 428. The first kappa shape index (κ1) is 14.6. The third-order valence-corrected chi connectivity index (χ3v) is 1.97. The Hall–Kier alpha value is -1.50. The number of ether oxygens (including phenoxy) is 1. The van der Waals surface area contributed by atoms with E-state index in [1.165, 1.54) is 0 Å². The van der Waals surface area contributed by atoms with Gasteiger partial charge in [0.1, 0.15) is 18.2 Å². The molecular weight excluding hydrogens is 259 g/mol. The molecule has 0 unspecified atom stereocenters. The van der Waals surface area contributed by atoms with Gasteiger partial charge in [-0.05, 0) is 18.2 Å². The number of hydrogen-bond donors (Lipinski definition) is 0. The largest absolute Gasteiger partial charge is 0.411 e. The van der Waals surface area contributed by atoms with Crippen LogP contribution in [0.1, 0.15) is 16.8 Å². The normalized spacial score (nSPS) is 11.6. The van der Waals surface area contributed by atoms with E-state index in [-0.39, 0.29) is 0 Å². The summed E-state index contributed by atoms with van der Waals surface area (Å²) in [5.41, 5.74) is -0.495. The molecule has 100 valence electrons. The fourth-order valence-electron chi connectivity index (χ4n) is 1.20. The van der Waals surface area contributed by atoms with Crippen LogP contribution in [0.4, 0.5) is 22.0 Å². The van der Waals surface area contributed by atoms with Crippen LogP contribution in [0.5, 0.6) is 0 Å². The lowest BCUT2D eigenvalue weighted by atomic mass is 10.1. The van der Waals surface area contributed by atoms with Crippen LogP contribution in [-0.2, 0) is 4.74 Å². The average Bonchev–Trinajstić information content (AvgIpc) is 2.26. The van der Waals surface area contributed by atoms with Crippen molar-refractivity contribution in [3.05, 3.63) is 35.4 Å². The first-order chi connectivity index (χ1) is 8.29. The number of carbonyl (C=O) groups is 1. The summed E-state index contributed by atoms with van der Waals surface area (Å²) in [7, 11) is 0. The number of rotatable bonds is 5. The molecule has 0 aromatic heterocycles. The maximum Gasteiger partial charge on any atom is 0.411 e. The van der Waals surface area contributed by atoms with E-state index in [9.17, 15) is 26.7 Å². The molecule has 0 radical (unpaired) electrons. The Morgan fingerprint density at radius 3 is 2.50 bits per heavy atom. The van der Waals surface area contributed by atoms with Crippen LogP contribution >= 0.6 is 0 Å². The van der Waals surface area contributed by atoms with Gasteiger partial charge in [-0.25, -0.2) is 8.78 Å². The minimum Gasteiger partial charge on any atom is -0.372 e. The van der Waals surface area contributed by atoms with Gasteiger partial charge in [0.05, 0.1) is 12.2 Å². The van der Waals surface area contributed by atoms with Gasteiger partial charge in [-0.3, -0.25) is 4.79 Å². The van der Waals surface area contributed by atoms with Gasteiger partial charge in [0.25, 0.3) is 0 Å². The molecule has 1 aromatic carbocycles. The van der Waals surface area contributed by atoms with Crippen LogP contribution in [0.25, 0.3) is 0 Å². The van der Waals surface area contributed by atoms with Crippen LogP contribution in [0, 0.1) is 11.6 Å². The lowest BCUT2D eigenvalue weighted by molar-refractivity contribution is -0.173. The first-order valence-corrected chi connectivity index (χ1v) is 4.92. The number of hydrogen-bond acceptors (Lipinski definition) is 2. The maximum atomic E-state index is 13.1. The molecule has 0 atom stereocenters. The quantitative estimate of drug-likeness (QED) is 0.466. The van der Waals surface area contributed by atoms with Gasteiger partial charge in [0.2, 0.25) is 0 Å². The molecule has 2 nitrogen and oxygen atoms in total. The van der Waals surface area contributed by atoms with Crippen LogP contribution in [0.2, 0.25) is 0 Å². The molecule has 0 saturated heterocycles. The van der Waals surface area contributed by atoms with Crippen molar-refractivity contribution in [2.45, 2.75) is 12.6 Å². The Morgan fingerprint density at radius 1 is 1.22 bits per heavy atom. The van der Waals surface area contributed by atoms with Gasteiger partial charge in [-0.1, -0.05) is 0 Å². The zero-order valence-electron chi connectivity index (χ0n) is 9.06. The molecule has 0 bridgehead atoms. The summed E-state index contributed by atoms with van der Waals surface area (Å²) in [6.07, 6.45) is -4.93. The molecule has 0 aliphatic rings. The highest BCUT2D eigenvalue weighted by Crippen LogP contribution is 2.15. The summed E-state index contributed by atoms with van der Waals surface area (Å²) in [5.74, 6) is -2.53. The molecule has 0 fully saturated rings. The smallest absolute Gasteiger partial charge is 0.372 e. The molecule has 0 N–H and O–H groups in total. The van der Waals surface area contributed by atoms with Crippen molar-refractivity contribution in [1.29, 1.82) is 0 Å². The van der Waals surface area contributed by atoms with E-state index in [1.54, 1.807) is 0 Å². The number of benzene rings is 1. The van der Waals surface area contributed by atoms with Crippen LogP contribution in [-0.4, -0.2) is 25.2 Å². The van der Waals surface area contributed by atoms with Crippen LogP contribution < -0.4 is 0 Å². The SMILES string of the molecule is O=C(CCOCC(F)(F)F)c1cc(F)ccc1F. The minimum atomic E-state index is -4.48. The minimum absolute atomic E-state index is 0.448. The number of alkyl halides is 3. The zero-order valence-corrected chi connectivity index (χ0v) is 9.06. The fourth-order valence-corrected chi connectivity index (χ4v) is 1.20. The third-order valence-electron chi connectivity index (χ3n) is 1.97. The second-order valence-corrected chi connectivity index (χ2v) is 3.47. The average molecular weight is 268 g/mol. The fraction of sp³-hybridized carbons (Fsp3) is 0.364. The predicted octanol–water partition coefficient (Wildman–Crippen LogP) is 3.12. The van der Waals surface area contributed by atoms with Crippen LogP contribution in [0.15, 0.2) is 18.2 Å². The van der Waals surface area contributed by atoms with Gasteiger partial charge in [-0.2, -0.15) is 13.2 Å². The summed E-state index contributed by atoms with van der Waals surface area (Å²) in [5, 5.41) is 0. The van der Waals surface area contributed by atoms with E-state index in [0.717, 1.165) is 12.1 Å². The summed E-state index contributed by atoms with van der Waals surface area (Å²) >= 11 is 0. The molecule has 0 saturated carbocycles. The highest BCUT2D eigenvalue weighted by Gasteiger charge is 2.27. The Kier molecular flexibility index (Phi) is 4.77. The van der Waals surface area contributed by atoms with Gasteiger partial charge in [0.15, 0.2) is 5.78 Å². The van der Waals surface area contributed by atoms with E-state index in [1.807, 2.05) is 0 Å². The summed E-state index contributed by atoms with van der Waals surface area (Å²) in [4.78, 5) is 11.4. The van der Waals surface area contributed by atoms with Crippen molar-refractivity contribution in [3.8, 4) is 0 Å². The van der Waals surface area contributed by atoms with Crippen molar-refractivity contribution in [3.63, 3.8) is 0 Å². The standard InChI is InChI=1S/C11H9F5O2/c12-7-1-2-9(13)8(5-7)10(17)3-4-18-6-11(14,15)16/h1-2,5H,3-4,6H2. The van der Waals surface area contributed by atoms with Crippen LogP contribution in [0.3, 0.4) is 0 Å². The number of Topliss-reactive ketones (excluding diaryl/α,β-unsaturated/α-hetero) is 1. The molecule has 0 amide bonds. The van der Waals surface area contributed by atoms with E-state index < -0.39 is 48.8 Å². The molecule has 1 aromatic rings. The second-order valence-electron chi connectivity index (χ2n) is 3.47. The highest BCUT2D eigenvalue weighted by molar-refractivity contribution is 5.96. The van der Waals surface area contributed by atoms with Gasteiger partial charge in [-0.15, -0.1) is 0 Å². The van der Waals surface area contributed by atoms with Crippen molar-refractivity contribution in [2.75, 3.05) is 13.2 Å².